The van der Waals surface area contributed by atoms with Crippen molar-refractivity contribution in [3.8, 4) is 0 Å². The summed E-state index contributed by atoms with van der Waals surface area (Å²) in [5.41, 5.74) is -0.374. The number of aromatic nitrogens is 1. The molecule has 5 rings (SSSR count). The summed E-state index contributed by atoms with van der Waals surface area (Å²) < 4.78 is 21.2. The van der Waals surface area contributed by atoms with Gasteiger partial charge in [0, 0.05) is 36.8 Å². The van der Waals surface area contributed by atoms with E-state index in [0.29, 0.717) is 42.2 Å². The standard InChI is InChI=1S/C25H29ClFN3O5.C6H5Cl/c1-15(32)29-7-5-16(6-8-29)25(2,34)17-11-20-22(21(27)12-17)24(35-10-9-31)30(23(20)33)14-19-4-3-18(26)13-28-19;7-6-4-2-1-3-5-6/h3-4,11-13,16,24,31,34H,5-10,14H2,1-2H3;1-5H/t24-,25?;/m1./s1. The topological polar surface area (TPSA) is 103 Å². The molecule has 2 aliphatic rings. The van der Waals surface area contributed by atoms with Crippen LogP contribution in [-0.2, 0) is 21.7 Å². The zero-order chi connectivity index (χ0) is 30.4. The summed E-state index contributed by atoms with van der Waals surface area (Å²) in [6.45, 7) is 3.84. The van der Waals surface area contributed by atoms with Gasteiger partial charge in [-0.25, -0.2) is 4.39 Å². The molecule has 1 aromatic heterocycles. The molecule has 8 nitrogen and oxygen atoms in total. The first-order chi connectivity index (χ1) is 20.0. The van der Waals surface area contributed by atoms with Gasteiger partial charge in [0.25, 0.3) is 5.91 Å². The van der Waals surface area contributed by atoms with Crippen molar-refractivity contribution in [1.82, 2.24) is 14.8 Å². The maximum Gasteiger partial charge on any atom is 0.257 e. The highest BCUT2D eigenvalue weighted by atomic mass is 35.5. The van der Waals surface area contributed by atoms with E-state index in [1.54, 1.807) is 24.0 Å². The first-order valence-electron chi connectivity index (χ1n) is 13.7. The second-order valence-corrected chi connectivity index (χ2v) is 11.4. The number of halogens is 3. The predicted molar refractivity (Wildman–Crippen MR) is 157 cm³/mol. The van der Waals surface area contributed by atoms with Crippen molar-refractivity contribution in [2.24, 2.45) is 5.92 Å². The van der Waals surface area contributed by atoms with Crippen LogP contribution >= 0.6 is 23.2 Å². The number of carbonyl (C=O) groups excluding carboxylic acids is 2. The average Bonchev–Trinajstić information content (AvgIpc) is 3.24. The summed E-state index contributed by atoms with van der Waals surface area (Å²) in [6, 6.07) is 15.5. The molecule has 2 atom stereocenters. The van der Waals surface area contributed by atoms with Gasteiger partial charge in [0.15, 0.2) is 6.23 Å². The fourth-order valence-electron chi connectivity index (χ4n) is 5.33. The first kappa shape index (κ1) is 31.8. The number of nitrogens with zero attached hydrogens (tertiary/aromatic N) is 3. The fraction of sp³-hybridized carbons (Fsp3) is 0.387. The molecule has 2 amide bonds. The Morgan fingerprint density at radius 2 is 1.81 bits per heavy atom. The monoisotopic (exact) mass is 617 g/mol. The first-order valence-corrected chi connectivity index (χ1v) is 14.4. The van der Waals surface area contributed by atoms with Gasteiger partial charge in [0.1, 0.15) is 5.82 Å². The van der Waals surface area contributed by atoms with Crippen LogP contribution < -0.4 is 0 Å². The lowest BCUT2D eigenvalue weighted by molar-refractivity contribution is -0.132. The number of likely N-dealkylation sites (tertiary alicyclic amines) is 1. The van der Waals surface area contributed by atoms with Crippen LogP contribution in [0.3, 0.4) is 0 Å². The van der Waals surface area contributed by atoms with Gasteiger partial charge < -0.3 is 24.7 Å². The van der Waals surface area contributed by atoms with Crippen LogP contribution in [0.2, 0.25) is 10.0 Å². The molecule has 0 bridgehead atoms. The van der Waals surface area contributed by atoms with Gasteiger partial charge in [-0.15, -0.1) is 0 Å². The van der Waals surface area contributed by atoms with Gasteiger partial charge in [-0.1, -0.05) is 41.4 Å². The number of hydrogen-bond acceptors (Lipinski definition) is 6. The number of amides is 2. The molecular weight excluding hydrogens is 584 g/mol. The Bertz CT molecular complexity index is 1380. The molecule has 3 aromatic rings. The third-order valence-corrected chi connectivity index (χ3v) is 8.17. The van der Waals surface area contributed by atoms with Crippen LogP contribution in [0.15, 0.2) is 60.8 Å². The Morgan fingerprint density at radius 1 is 1.12 bits per heavy atom. The number of hydrogen-bond donors (Lipinski definition) is 2. The number of aliphatic hydroxyl groups excluding tert-OH is 1. The minimum Gasteiger partial charge on any atom is -0.394 e. The van der Waals surface area contributed by atoms with Crippen LogP contribution in [0.4, 0.5) is 4.39 Å². The number of ether oxygens (including phenoxy) is 1. The molecule has 0 radical (unpaired) electrons. The fourth-order valence-corrected chi connectivity index (χ4v) is 5.59. The molecule has 0 spiro atoms. The van der Waals surface area contributed by atoms with E-state index in [0.717, 1.165) is 5.02 Å². The Balaban J connectivity index is 0.000000507. The van der Waals surface area contributed by atoms with Crippen molar-refractivity contribution in [1.29, 1.82) is 0 Å². The molecule has 2 aliphatic heterocycles. The van der Waals surface area contributed by atoms with E-state index < -0.39 is 23.6 Å². The predicted octanol–water partition coefficient (Wildman–Crippen LogP) is 5.34. The maximum atomic E-state index is 15.5. The van der Waals surface area contributed by atoms with Gasteiger partial charge in [0.2, 0.25) is 5.91 Å². The van der Waals surface area contributed by atoms with E-state index in [2.05, 4.69) is 4.98 Å². The van der Waals surface area contributed by atoms with Crippen LogP contribution in [0.1, 0.15) is 60.1 Å². The molecule has 3 heterocycles. The average molecular weight is 619 g/mol. The molecule has 1 saturated heterocycles. The maximum absolute atomic E-state index is 15.5. The van der Waals surface area contributed by atoms with E-state index in [1.807, 2.05) is 30.3 Å². The lowest BCUT2D eigenvalue weighted by atomic mass is 9.76. The van der Waals surface area contributed by atoms with Crippen LogP contribution in [-0.4, -0.2) is 63.1 Å². The summed E-state index contributed by atoms with van der Waals surface area (Å²) in [7, 11) is 0. The molecule has 2 aromatic carbocycles. The second kappa shape index (κ2) is 13.9. The summed E-state index contributed by atoms with van der Waals surface area (Å²) >= 11 is 11.4. The quantitative estimate of drug-likeness (QED) is 0.371. The van der Waals surface area contributed by atoms with E-state index in [-0.39, 0.29) is 42.7 Å². The number of pyridine rings is 1. The molecule has 42 heavy (non-hydrogen) atoms. The Hall–Kier alpha value is -3.08. The molecular formula is C31H34Cl2FN3O5. The minimum atomic E-state index is -1.40. The smallest absolute Gasteiger partial charge is 0.257 e. The third kappa shape index (κ3) is 7.27. The van der Waals surface area contributed by atoms with Crippen molar-refractivity contribution in [3.05, 3.63) is 99.0 Å². The minimum absolute atomic E-state index is 0.0125. The molecule has 11 heteroatoms. The number of carbonyl (C=O) groups is 2. The number of rotatable bonds is 7. The van der Waals surface area contributed by atoms with Gasteiger partial charge in [-0.3, -0.25) is 14.6 Å². The zero-order valence-corrected chi connectivity index (χ0v) is 25.0. The van der Waals surface area contributed by atoms with Crippen molar-refractivity contribution in [3.63, 3.8) is 0 Å². The van der Waals surface area contributed by atoms with E-state index in [1.165, 1.54) is 30.2 Å². The van der Waals surface area contributed by atoms with Gasteiger partial charge in [-0.2, -0.15) is 0 Å². The third-order valence-electron chi connectivity index (χ3n) is 7.69. The highest BCUT2D eigenvalue weighted by Gasteiger charge is 2.43. The largest absolute Gasteiger partial charge is 0.394 e. The van der Waals surface area contributed by atoms with E-state index in [4.69, 9.17) is 27.9 Å². The summed E-state index contributed by atoms with van der Waals surface area (Å²) in [4.78, 5) is 32.4. The zero-order valence-electron chi connectivity index (χ0n) is 23.5. The molecule has 1 unspecified atom stereocenters. The van der Waals surface area contributed by atoms with Crippen molar-refractivity contribution in [2.45, 2.75) is 45.1 Å². The molecule has 0 saturated carbocycles. The lowest BCUT2D eigenvalue weighted by Gasteiger charge is -2.39. The highest BCUT2D eigenvalue weighted by Crippen LogP contribution is 2.42. The van der Waals surface area contributed by atoms with Crippen molar-refractivity contribution >= 4 is 35.0 Å². The highest BCUT2D eigenvalue weighted by molar-refractivity contribution is 6.30. The van der Waals surface area contributed by atoms with Crippen LogP contribution in [0.5, 0.6) is 0 Å². The van der Waals surface area contributed by atoms with Crippen molar-refractivity contribution < 1.29 is 28.9 Å². The molecule has 2 N–H and O–H groups in total. The lowest BCUT2D eigenvalue weighted by Crippen LogP contribution is -2.43. The summed E-state index contributed by atoms with van der Waals surface area (Å²) in [5, 5.41) is 21.9. The molecule has 224 valence electrons. The van der Waals surface area contributed by atoms with Crippen LogP contribution in [0.25, 0.3) is 0 Å². The van der Waals surface area contributed by atoms with Crippen molar-refractivity contribution in [2.75, 3.05) is 26.3 Å². The summed E-state index contributed by atoms with van der Waals surface area (Å²) in [5.74, 6) is -1.34. The Labute approximate surface area is 254 Å². The normalized spacial score (nSPS) is 18.3. The number of benzene rings is 2. The van der Waals surface area contributed by atoms with Gasteiger partial charge in [-0.05, 0) is 67.6 Å². The van der Waals surface area contributed by atoms with E-state index in [9.17, 15) is 19.8 Å². The molecule has 0 aliphatic carbocycles. The SMILES string of the molecule is CC(=O)N1CCC(C(C)(O)c2cc(F)c3c(c2)C(=O)N(Cc2ccc(Cl)cn2)[C@@H]3OCCO)CC1.Clc1ccccc1. The van der Waals surface area contributed by atoms with Gasteiger partial charge >= 0.3 is 0 Å². The van der Waals surface area contributed by atoms with Gasteiger partial charge in [0.05, 0.1) is 41.6 Å². The van der Waals surface area contributed by atoms with E-state index >= 15 is 4.39 Å². The Morgan fingerprint density at radius 3 is 2.36 bits per heavy atom. The second-order valence-electron chi connectivity index (χ2n) is 10.5. The number of piperidine rings is 1. The molecule has 1 fully saturated rings. The number of fused-ring (bicyclic) bond motifs is 1. The number of aliphatic hydroxyl groups is 2. The summed E-state index contributed by atoms with van der Waals surface area (Å²) in [6.07, 6.45) is 1.55. The Kier molecular flexibility index (Phi) is 10.6. The van der Waals surface area contributed by atoms with Crippen LogP contribution in [0, 0.1) is 11.7 Å².